The summed E-state index contributed by atoms with van der Waals surface area (Å²) in [4.78, 5) is 71.2. The van der Waals surface area contributed by atoms with Gasteiger partial charge in [0.05, 0.1) is 42.7 Å². The monoisotopic (exact) mass is 775 g/mol. The quantitative estimate of drug-likeness (QED) is 0.146. The SMILES string of the molecule is CC[C@H](C)[C@@H]([C@@H](CC(=O)N1[C@H]2[C@@H](C)[C@H]2C[C@H]1[C@H](OC)[C@@H](C)C(=O)N[C@@H](Cc1cccc(F)c1)C(=O)O)OC)N(C)C(=O)[C@@H](NC(=O)[C@@H](NC)C(C)C)C(C)C. The summed E-state index contributed by atoms with van der Waals surface area (Å²) in [5, 5.41) is 18.5. The van der Waals surface area contributed by atoms with Gasteiger partial charge in [-0.05, 0) is 60.8 Å². The number of halogens is 1. The molecule has 2 fully saturated rings. The predicted octanol–water partition coefficient (Wildman–Crippen LogP) is 3.49. The van der Waals surface area contributed by atoms with E-state index in [0.717, 1.165) is 0 Å². The van der Waals surface area contributed by atoms with Crippen LogP contribution in [0.15, 0.2) is 24.3 Å². The predicted molar refractivity (Wildman–Crippen MR) is 207 cm³/mol. The molecule has 4 N–H and O–H groups in total. The average Bonchev–Trinajstić information content (AvgIpc) is 3.55. The topological polar surface area (TPSA) is 167 Å². The third-order valence-corrected chi connectivity index (χ3v) is 12.1. The van der Waals surface area contributed by atoms with Gasteiger partial charge in [0.25, 0.3) is 0 Å². The summed E-state index contributed by atoms with van der Waals surface area (Å²) >= 11 is 0. The van der Waals surface area contributed by atoms with Gasteiger partial charge in [-0.2, -0.15) is 0 Å². The molecule has 0 radical (unpaired) electrons. The van der Waals surface area contributed by atoms with Crippen molar-refractivity contribution in [3.63, 3.8) is 0 Å². The van der Waals surface area contributed by atoms with E-state index in [-0.39, 0.29) is 66.2 Å². The molecule has 1 aliphatic heterocycles. The molecule has 1 aromatic carbocycles. The molecule has 1 saturated carbocycles. The molecule has 1 saturated heterocycles. The van der Waals surface area contributed by atoms with Crippen molar-refractivity contribution in [3.8, 4) is 0 Å². The Morgan fingerprint density at radius 3 is 2.13 bits per heavy atom. The van der Waals surface area contributed by atoms with Crippen molar-refractivity contribution in [2.45, 2.75) is 130 Å². The Morgan fingerprint density at radius 1 is 0.982 bits per heavy atom. The Kier molecular flexibility index (Phi) is 16.6. The van der Waals surface area contributed by atoms with Gasteiger partial charge in [0.15, 0.2) is 0 Å². The number of piperidine rings is 1. The second-order valence-corrected chi connectivity index (χ2v) is 16.4. The third kappa shape index (κ3) is 10.8. The lowest BCUT2D eigenvalue weighted by Gasteiger charge is -2.41. The Hall–Kier alpha value is -3.62. The van der Waals surface area contributed by atoms with Gasteiger partial charge in [0, 0.05) is 33.7 Å². The first-order valence-corrected chi connectivity index (χ1v) is 19.7. The van der Waals surface area contributed by atoms with Crippen LogP contribution in [0, 0.1) is 41.3 Å². The highest BCUT2D eigenvalue weighted by molar-refractivity contribution is 5.90. The van der Waals surface area contributed by atoms with Crippen LogP contribution in [0.5, 0.6) is 0 Å². The fourth-order valence-corrected chi connectivity index (χ4v) is 8.59. The summed E-state index contributed by atoms with van der Waals surface area (Å²) < 4.78 is 25.8. The lowest BCUT2D eigenvalue weighted by Crippen LogP contribution is -2.59. The second kappa shape index (κ2) is 20.0. The minimum absolute atomic E-state index is 0.00842. The largest absolute Gasteiger partial charge is 0.480 e. The van der Waals surface area contributed by atoms with Crippen LogP contribution < -0.4 is 16.0 Å². The average molecular weight is 776 g/mol. The first kappa shape index (κ1) is 45.8. The maximum Gasteiger partial charge on any atom is 0.326 e. The molecule has 1 aliphatic carbocycles. The number of amides is 4. The standard InChI is InChI=1S/C41H66FN5O8/c1-13-23(6)35(46(10)40(51)34(22(4)5)45-39(50)33(43-9)21(2)3)31(54-11)20-32(48)47-30(19-28-24(7)36(28)47)37(55-12)25(8)38(49)44-29(41(52)53)18-26-15-14-16-27(42)17-26/h14-17,21-25,28-31,33-37,43H,13,18-20H2,1-12H3,(H,44,49)(H,45,50)(H,52,53)/t23-,24-,25+,28+,29-,30-,31+,33-,34-,35-,36-,37+/m0/s1. The number of carboxylic acids is 1. The summed E-state index contributed by atoms with van der Waals surface area (Å²) in [6.45, 7) is 15.4. The zero-order valence-electron chi connectivity index (χ0n) is 34.8. The van der Waals surface area contributed by atoms with E-state index in [1.807, 2.05) is 46.4 Å². The van der Waals surface area contributed by atoms with E-state index in [9.17, 15) is 33.5 Å². The minimum atomic E-state index is -1.30. The summed E-state index contributed by atoms with van der Waals surface area (Å²) in [6, 6.07) is 2.00. The van der Waals surface area contributed by atoms with Crippen LogP contribution in [0.25, 0.3) is 0 Å². The summed E-state index contributed by atoms with van der Waals surface area (Å²) in [5.74, 6) is -3.64. The number of likely N-dealkylation sites (N-methyl/N-ethyl adjacent to an activating group) is 2. The van der Waals surface area contributed by atoms with Crippen molar-refractivity contribution in [1.82, 2.24) is 25.8 Å². The van der Waals surface area contributed by atoms with E-state index in [4.69, 9.17) is 9.47 Å². The highest BCUT2D eigenvalue weighted by atomic mass is 19.1. The minimum Gasteiger partial charge on any atom is -0.480 e. The Bertz CT molecular complexity index is 1490. The van der Waals surface area contributed by atoms with Crippen molar-refractivity contribution in [2.24, 2.45) is 35.5 Å². The molecule has 2 aliphatic rings. The lowest BCUT2D eigenvalue weighted by atomic mass is 9.89. The van der Waals surface area contributed by atoms with Crippen LogP contribution in [0.4, 0.5) is 4.39 Å². The van der Waals surface area contributed by atoms with E-state index < -0.39 is 66.0 Å². The molecular weight excluding hydrogens is 709 g/mol. The third-order valence-electron chi connectivity index (χ3n) is 12.1. The molecule has 55 heavy (non-hydrogen) atoms. The van der Waals surface area contributed by atoms with Crippen LogP contribution in [-0.4, -0.2) is 121 Å². The van der Waals surface area contributed by atoms with Crippen LogP contribution in [0.1, 0.15) is 80.2 Å². The highest BCUT2D eigenvalue weighted by Crippen LogP contribution is 2.54. The van der Waals surface area contributed by atoms with Crippen LogP contribution in [-0.2, 0) is 39.9 Å². The van der Waals surface area contributed by atoms with Crippen molar-refractivity contribution in [1.29, 1.82) is 0 Å². The second-order valence-electron chi connectivity index (χ2n) is 16.4. The van der Waals surface area contributed by atoms with Crippen molar-refractivity contribution < 1.29 is 42.9 Å². The molecule has 14 heteroatoms. The van der Waals surface area contributed by atoms with Gasteiger partial charge in [-0.3, -0.25) is 19.2 Å². The number of rotatable bonds is 21. The molecule has 0 unspecified atom stereocenters. The lowest BCUT2D eigenvalue weighted by molar-refractivity contribution is -0.149. The molecule has 1 heterocycles. The molecule has 1 aromatic rings. The normalized spacial score (nSPS) is 23.5. The van der Waals surface area contributed by atoms with Crippen LogP contribution in [0.2, 0.25) is 0 Å². The molecule has 12 atom stereocenters. The van der Waals surface area contributed by atoms with Gasteiger partial charge in [-0.1, -0.05) is 73.9 Å². The van der Waals surface area contributed by atoms with Gasteiger partial charge in [0.2, 0.25) is 23.6 Å². The zero-order chi connectivity index (χ0) is 41.5. The number of benzene rings is 1. The molecule has 310 valence electrons. The van der Waals surface area contributed by atoms with Gasteiger partial charge in [-0.15, -0.1) is 0 Å². The number of likely N-dealkylation sites (tertiary alicyclic amines) is 1. The maximum absolute atomic E-state index is 14.5. The highest BCUT2D eigenvalue weighted by Gasteiger charge is 2.62. The molecule has 3 rings (SSSR count). The number of hydrogen-bond donors (Lipinski definition) is 4. The Labute approximate surface area is 326 Å². The molecular formula is C41H66FN5O8. The maximum atomic E-state index is 14.5. The van der Waals surface area contributed by atoms with Crippen molar-refractivity contribution in [2.75, 3.05) is 28.3 Å². The number of hydrogen-bond acceptors (Lipinski definition) is 8. The number of methoxy groups -OCH3 is 2. The Balaban J connectivity index is 1.83. The summed E-state index contributed by atoms with van der Waals surface area (Å²) in [6.07, 6.45) is -0.252. The number of aliphatic carboxylic acids is 1. The molecule has 0 spiro atoms. The van der Waals surface area contributed by atoms with E-state index in [1.165, 1.54) is 32.4 Å². The number of carbonyl (C=O) groups is 5. The van der Waals surface area contributed by atoms with E-state index >= 15 is 0 Å². The summed E-state index contributed by atoms with van der Waals surface area (Å²) in [7, 11) is 6.43. The number of ether oxygens (including phenoxy) is 2. The molecule has 0 aromatic heterocycles. The van der Waals surface area contributed by atoms with Crippen molar-refractivity contribution in [3.05, 3.63) is 35.6 Å². The molecule has 13 nitrogen and oxygen atoms in total. The first-order chi connectivity index (χ1) is 25.8. The van der Waals surface area contributed by atoms with Gasteiger partial charge in [-0.25, -0.2) is 9.18 Å². The first-order valence-electron chi connectivity index (χ1n) is 19.7. The molecule has 4 amide bonds. The zero-order valence-corrected chi connectivity index (χ0v) is 34.8. The number of nitrogens with one attached hydrogen (secondary N) is 3. The number of nitrogens with zero attached hydrogens (tertiary/aromatic N) is 2. The summed E-state index contributed by atoms with van der Waals surface area (Å²) in [5.41, 5.74) is 0.430. The van der Waals surface area contributed by atoms with Crippen LogP contribution >= 0.6 is 0 Å². The fraction of sp³-hybridized carbons (Fsp3) is 0.732. The van der Waals surface area contributed by atoms with E-state index in [2.05, 4.69) is 22.9 Å². The number of carboxylic acid groups (broad SMARTS) is 1. The van der Waals surface area contributed by atoms with E-state index in [0.29, 0.717) is 18.4 Å². The number of fused-ring (bicyclic) bond motifs is 1. The van der Waals surface area contributed by atoms with Gasteiger partial charge >= 0.3 is 5.97 Å². The fourth-order valence-electron chi connectivity index (χ4n) is 8.59. The van der Waals surface area contributed by atoms with E-state index in [1.54, 1.807) is 32.0 Å². The van der Waals surface area contributed by atoms with Gasteiger partial charge < -0.3 is 40.3 Å². The van der Waals surface area contributed by atoms with Crippen molar-refractivity contribution >= 4 is 29.6 Å². The van der Waals surface area contributed by atoms with Gasteiger partial charge in [0.1, 0.15) is 17.9 Å². The van der Waals surface area contributed by atoms with Crippen LogP contribution in [0.3, 0.4) is 0 Å². The molecule has 0 bridgehead atoms. The number of carbonyl (C=O) groups excluding carboxylic acids is 4. The smallest absolute Gasteiger partial charge is 0.326 e. The Morgan fingerprint density at radius 2 is 1.62 bits per heavy atom.